The average molecular weight is 398 g/mol. The van der Waals surface area contributed by atoms with Gasteiger partial charge in [0.15, 0.2) is 0 Å². The largest absolute Gasteiger partial charge is 0.534 e. The highest BCUT2D eigenvalue weighted by Crippen LogP contribution is 2.51. The Bertz CT molecular complexity index is 815. The molecule has 0 unspecified atom stereocenters. The molecule has 1 aliphatic carbocycles. The van der Waals surface area contributed by atoms with Gasteiger partial charge in [-0.05, 0) is 30.2 Å². The first-order valence-corrected chi connectivity index (χ1v) is 9.13. The van der Waals surface area contributed by atoms with Gasteiger partial charge in [-0.2, -0.15) is 21.6 Å². The summed E-state index contributed by atoms with van der Waals surface area (Å²) in [5, 5.41) is 0. The summed E-state index contributed by atoms with van der Waals surface area (Å²) in [6.45, 7) is 3.71. The smallest absolute Gasteiger partial charge is 0.465 e. The number of halogens is 4. The standard InChI is InChI=1S/C16H18F4O5S/c1-15(2)6-4-5-11(15)9-7-10(14(21)24-3)12(17)8-13(9)25-26(22,23)16(18,19)20/h7-8,11H,4-6H2,1-3H3/t11-/m0/s1. The Morgan fingerprint density at radius 3 is 2.35 bits per heavy atom. The molecule has 5 nitrogen and oxygen atoms in total. The normalized spacial score (nSPS) is 20.0. The molecule has 0 saturated heterocycles. The van der Waals surface area contributed by atoms with Crippen LogP contribution in [0.1, 0.15) is 54.9 Å². The average Bonchev–Trinajstić information content (AvgIpc) is 2.84. The number of hydrogen-bond donors (Lipinski definition) is 0. The number of alkyl halides is 3. The zero-order valence-electron chi connectivity index (χ0n) is 14.3. The molecule has 0 radical (unpaired) electrons. The molecular formula is C16H18F4O5S. The van der Waals surface area contributed by atoms with E-state index in [1.165, 1.54) is 0 Å². The maximum atomic E-state index is 14.2. The van der Waals surface area contributed by atoms with Crippen molar-refractivity contribution in [3.8, 4) is 5.75 Å². The molecule has 1 saturated carbocycles. The van der Waals surface area contributed by atoms with Crippen molar-refractivity contribution in [2.45, 2.75) is 44.5 Å². The lowest BCUT2D eigenvalue weighted by molar-refractivity contribution is -0.0500. The predicted octanol–water partition coefficient (Wildman–Crippen LogP) is 4.13. The lowest BCUT2D eigenvalue weighted by atomic mass is 9.77. The van der Waals surface area contributed by atoms with Crippen LogP contribution >= 0.6 is 0 Å². The molecule has 1 aliphatic rings. The van der Waals surface area contributed by atoms with Gasteiger partial charge in [-0.3, -0.25) is 0 Å². The Morgan fingerprint density at radius 2 is 1.88 bits per heavy atom. The van der Waals surface area contributed by atoms with Crippen molar-refractivity contribution in [3.05, 3.63) is 29.1 Å². The lowest BCUT2D eigenvalue weighted by Gasteiger charge is -2.29. The van der Waals surface area contributed by atoms with Gasteiger partial charge in [0, 0.05) is 11.6 Å². The summed E-state index contributed by atoms with van der Waals surface area (Å²) in [6.07, 6.45) is 2.00. The number of benzene rings is 1. The number of esters is 1. The van der Waals surface area contributed by atoms with E-state index in [0.717, 1.165) is 26.0 Å². The van der Waals surface area contributed by atoms with Crippen molar-refractivity contribution in [1.29, 1.82) is 0 Å². The summed E-state index contributed by atoms with van der Waals surface area (Å²) in [7, 11) is -4.95. The minimum absolute atomic E-state index is 0.0297. The van der Waals surface area contributed by atoms with Gasteiger partial charge in [0.05, 0.1) is 12.7 Å². The molecule has 1 aromatic rings. The number of ether oxygens (including phenoxy) is 1. The van der Waals surface area contributed by atoms with Crippen molar-refractivity contribution in [2.24, 2.45) is 5.41 Å². The molecular weight excluding hydrogens is 380 g/mol. The third-order valence-corrected chi connectivity index (χ3v) is 5.59. The number of rotatable bonds is 4. The van der Waals surface area contributed by atoms with Crippen LogP contribution in [0.4, 0.5) is 17.6 Å². The van der Waals surface area contributed by atoms with E-state index in [0.29, 0.717) is 12.5 Å². The van der Waals surface area contributed by atoms with Gasteiger partial charge in [0.1, 0.15) is 11.6 Å². The van der Waals surface area contributed by atoms with Crippen LogP contribution in [0, 0.1) is 11.2 Å². The fraction of sp³-hybridized carbons (Fsp3) is 0.562. The first kappa shape index (κ1) is 20.5. The lowest BCUT2D eigenvalue weighted by Crippen LogP contribution is -2.29. The van der Waals surface area contributed by atoms with Gasteiger partial charge in [0.25, 0.3) is 0 Å². The second kappa shape index (κ2) is 6.71. The Morgan fingerprint density at radius 1 is 1.27 bits per heavy atom. The van der Waals surface area contributed by atoms with Gasteiger partial charge in [-0.15, -0.1) is 0 Å². The van der Waals surface area contributed by atoms with Crippen LogP contribution in [0.25, 0.3) is 0 Å². The minimum atomic E-state index is -5.98. The zero-order chi connectivity index (χ0) is 19.9. The molecule has 0 N–H and O–H groups in total. The van der Waals surface area contributed by atoms with Crippen LogP contribution in [0.2, 0.25) is 0 Å². The highest BCUT2D eigenvalue weighted by molar-refractivity contribution is 7.88. The SMILES string of the molecule is COC(=O)c1cc([C@@H]2CCCC2(C)C)c(OS(=O)(=O)C(F)(F)F)cc1F. The van der Waals surface area contributed by atoms with Crippen LogP contribution in [-0.2, 0) is 14.9 Å². The summed E-state index contributed by atoms with van der Waals surface area (Å²) in [6, 6.07) is 1.50. The number of methoxy groups -OCH3 is 1. The van der Waals surface area contributed by atoms with E-state index in [-0.39, 0.29) is 5.56 Å². The van der Waals surface area contributed by atoms with Crippen molar-refractivity contribution >= 4 is 16.1 Å². The fourth-order valence-corrected chi connectivity index (χ4v) is 3.73. The molecule has 0 amide bonds. The quantitative estimate of drug-likeness (QED) is 0.330. The molecule has 1 aromatic carbocycles. The number of carbonyl (C=O) groups is 1. The molecule has 0 aliphatic heterocycles. The predicted molar refractivity (Wildman–Crippen MR) is 83.7 cm³/mol. The van der Waals surface area contributed by atoms with E-state index in [2.05, 4.69) is 8.92 Å². The summed E-state index contributed by atoms with van der Waals surface area (Å²) in [4.78, 5) is 11.7. The molecule has 0 spiro atoms. The fourth-order valence-electron chi connectivity index (χ4n) is 3.25. The molecule has 146 valence electrons. The van der Waals surface area contributed by atoms with Crippen LogP contribution in [0.5, 0.6) is 5.75 Å². The van der Waals surface area contributed by atoms with Gasteiger partial charge in [-0.25, -0.2) is 9.18 Å². The molecule has 0 heterocycles. The minimum Gasteiger partial charge on any atom is -0.465 e. The first-order chi connectivity index (χ1) is 11.8. The van der Waals surface area contributed by atoms with E-state index in [4.69, 9.17) is 0 Å². The summed E-state index contributed by atoms with van der Waals surface area (Å²) >= 11 is 0. The highest BCUT2D eigenvalue weighted by Gasteiger charge is 2.49. The second-order valence-electron chi connectivity index (χ2n) is 6.78. The Balaban J connectivity index is 2.63. The van der Waals surface area contributed by atoms with E-state index in [9.17, 15) is 30.8 Å². The number of carbonyl (C=O) groups excluding carboxylic acids is 1. The molecule has 10 heteroatoms. The van der Waals surface area contributed by atoms with Gasteiger partial charge in [-0.1, -0.05) is 20.3 Å². The molecule has 1 atom stereocenters. The van der Waals surface area contributed by atoms with Gasteiger partial charge in [0.2, 0.25) is 0 Å². The Labute approximate surface area is 148 Å². The van der Waals surface area contributed by atoms with Crippen molar-refractivity contribution < 1.29 is 39.7 Å². The van der Waals surface area contributed by atoms with Crippen molar-refractivity contribution in [3.63, 3.8) is 0 Å². The van der Waals surface area contributed by atoms with Crippen LogP contribution in [-0.4, -0.2) is 27.0 Å². The van der Waals surface area contributed by atoms with Gasteiger partial charge >= 0.3 is 21.6 Å². The van der Waals surface area contributed by atoms with Gasteiger partial charge < -0.3 is 8.92 Å². The monoisotopic (exact) mass is 398 g/mol. The van der Waals surface area contributed by atoms with Crippen molar-refractivity contribution in [2.75, 3.05) is 7.11 Å². The molecule has 26 heavy (non-hydrogen) atoms. The second-order valence-corrected chi connectivity index (χ2v) is 8.32. The molecule has 0 aromatic heterocycles. The molecule has 1 fully saturated rings. The number of hydrogen-bond acceptors (Lipinski definition) is 5. The third-order valence-electron chi connectivity index (χ3n) is 4.62. The topological polar surface area (TPSA) is 69.7 Å². The van der Waals surface area contributed by atoms with E-state index < -0.39 is 50.1 Å². The van der Waals surface area contributed by atoms with Crippen LogP contribution in [0.15, 0.2) is 12.1 Å². The van der Waals surface area contributed by atoms with E-state index in [1.54, 1.807) is 0 Å². The van der Waals surface area contributed by atoms with E-state index >= 15 is 0 Å². The molecule has 2 rings (SSSR count). The maximum absolute atomic E-state index is 14.2. The van der Waals surface area contributed by atoms with Crippen LogP contribution in [0.3, 0.4) is 0 Å². The Hall–Kier alpha value is -1.84. The summed E-state index contributed by atoms with van der Waals surface area (Å²) < 4.78 is 83.6. The van der Waals surface area contributed by atoms with Crippen molar-refractivity contribution in [1.82, 2.24) is 0 Å². The Kier molecular flexibility index (Phi) is 5.29. The third kappa shape index (κ3) is 3.79. The maximum Gasteiger partial charge on any atom is 0.534 e. The van der Waals surface area contributed by atoms with E-state index in [1.807, 2.05) is 13.8 Å². The first-order valence-electron chi connectivity index (χ1n) is 7.72. The molecule has 0 bridgehead atoms. The van der Waals surface area contributed by atoms with Crippen LogP contribution < -0.4 is 4.18 Å². The summed E-state index contributed by atoms with van der Waals surface area (Å²) in [5.74, 6) is -3.44. The summed E-state index contributed by atoms with van der Waals surface area (Å²) in [5.41, 5.74) is -6.53. The zero-order valence-corrected chi connectivity index (χ0v) is 15.1. The highest BCUT2D eigenvalue weighted by atomic mass is 32.2.